The zero-order valence-electron chi connectivity index (χ0n) is 13.2. The number of nitrogens with one attached hydrogen (secondary N) is 1. The lowest BCUT2D eigenvalue weighted by Crippen LogP contribution is -2.37. The monoisotopic (exact) mass is 416 g/mol. The summed E-state index contributed by atoms with van der Waals surface area (Å²) >= 11 is 0. The molecule has 0 heterocycles. The molecule has 0 unspecified atom stereocenters. The van der Waals surface area contributed by atoms with Crippen molar-refractivity contribution < 1.29 is 4.79 Å². The van der Waals surface area contributed by atoms with Gasteiger partial charge in [-0.05, 0) is 36.5 Å². The summed E-state index contributed by atoms with van der Waals surface area (Å²) in [6, 6.07) is 7.48. The Morgan fingerprint density at radius 2 is 1.95 bits per heavy atom. The zero-order valence-corrected chi connectivity index (χ0v) is 15.5. The van der Waals surface area contributed by atoms with Gasteiger partial charge in [0.2, 0.25) is 0 Å². The first-order chi connectivity index (χ1) is 10.1. The Hall–Kier alpha value is -1.31. The highest BCUT2D eigenvalue weighted by Crippen LogP contribution is 2.24. The molecule has 0 atom stereocenters. The molecule has 122 valence electrons. The summed E-state index contributed by atoms with van der Waals surface area (Å²) in [6.45, 7) is 1.45. The van der Waals surface area contributed by atoms with E-state index >= 15 is 0 Å². The number of nitrogens with zero attached hydrogens (tertiary/aromatic N) is 2. The first-order valence-corrected chi connectivity index (χ1v) is 7.40. The second kappa shape index (κ2) is 8.97. The number of amides is 1. The van der Waals surface area contributed by atoms with Crippen LogP contribution in [0, 0.1) is 5.92 Å². The van der Waals surface area contributed by atoms with Gasteiger partial charge in [0, 0.05) is 26.2 Å². The first-order valence-electron chi connectivity index (χ1n) is 7.40. The smallest absolute Gasteiger partial charge is 0.253 e. The lowest BCUT2D eigenvalue weighted by Gasteiger charge is -2.25. The molecule has 1 saturated carbocycles. The quantitative estimate of drug-likeness (QED) is 0.439. The summed E-state index contributed by atoms with van der Waals surface area (Å²) < 4.78 is 0. The molecule has 0 aromatic heterocycles. The van der Waals surface area contributed by atoms with Gasteiger partial charge in [0.15, 0.2) is 5.96 Å². The standard InChI is InChI=1S/C16H24N4O.HI/c1-20(2)15(21)14-8-6-13(7-9-14)11-19-16(17)18-10-12-4-3-5-12;/h6-9,12H,3-5,10-11H2,1-2H3,(H3,17,18,19);1H. The van der Waals surface area contributed by atoms with Gasteiger partial charge in [0.05, 0.1) is 6.54 Å². The van der Waals surface area contributed by atoms with Gasteiger partial charge in [-0.15, -0.1) is 24.0 Å². The number of guanidine groups is 1. The van der Waals surface area contributed by atoms with E-state index in [0.29, 0.717) is 18.1 Å². The minimum atomic E-state index is 0. The van der Waals surface area contributed by atoms with Crippen LogP contribution < -0.4 is 11.1 Å². The number of hydrogen-bond acceptors (Lipinski definition) is 2. The maximum Gasteiger partial charge on any atom is 0.253 e. The minimum absolute atomic E-state index is 0. The normalized spacial score (nSPS) is 14.7. The van der Waals surface area contributed by atoms with Gasteiger partial charge in [0.25, 0.3) is 5.91 Å². The number of aliphatic imine (C=N–C) groups is 1. The molecule has 0 radical (unpaired) electrons. The number of halogens is 1. The Morgan fingerprint density at radius 3 is 2.45 bits per heavy atom. The van der Waals surface area contributed by atoms with Crippen molar-refractivity contribution in [3.05, 3.63) is 35.4 Å². The van der Waals surface area contributed by atoms with Crippen molar-refractivity contribution in [3.63, 3.8) is 0 Å². The van der Waals surface area contributed by atoms with Crippen molar-refractivity contribution in [1.29, 1.82) is 0 Å². The molecule has 1 fully saturated rings. The number of carbonyl (C=O) groups excluding carboxylic acids is 1. The van der Waals surface area contributed by atoms with E-state index in [-0.39, 0.29) is 29.9 Å². The third-order valence-electron chi connectivity index (χ3n) is 3.84. The van der Waals surface area contributed by atoms with Crippen molar-refractivity contribution >= 4 is 35.8 Å². The van der Waals surface area contributed by atoms with Gasteiger partial charge in [-0.2, -0.15) is 0 Å². The fourth-order valence-electron chi connectivity index (χ4n) is 2.19. The Kier molecular flexibility index (Phi) is 7.64. The molecule has 2 rings (SSSR count). The van der Waals surface area contributed by atoms with Gasteiger partial charge in [-0.1, -0.05) is 18.6 Å². The van der Waals surface area contributed by atoms with Crippen LogP contribution in [0.5, 0.6) is 0 Å². The molecule has 0 spiro atoms. The lowest BCUT2D eigenvalue weighted by atomic mass is 9.85. The summed E-state index contributed by atoms with van der Waals surface area (Å²) in [4.78, 5) is 17.7. The lowest BCUT2D eigenvalue weighted by molar-refractivity contribution is 0.0827. The summed E-state index contributed by atoms with van der Waals surface area (Å²) in [5.74, 6) is 1.26. The molecule has 22 heavy (non-hydrogen) atoms. The Morgan fingerprint density at radius 1 is 1.32 bits per heavy atom. The second-order valence-electron chi connectivity index (χ2n) is 5.78. The number of rotatable bonds is 5. The van der Waals surface area contributed by atoms with E-state index in [9.17, 15) is 4.79 Å². The average Bonchev–Trinajstić information content (AvgIpc) is 2.43. The molecule has 1 aromatic rings. The maximum atomic E-state index is 11.8. The van der Waals surface area contributed by atoms with Crippen LogP contribution in [0.3, 0.4) is 0 Å². The molecule has 1 aliphatic carbocycles. The summed E-state index contributed by atoms with van der Waals surface area (Å²) in [5.41, 5.74) is 7.57. The van der Waals surface area contributed by atoms with Crippen LogP contribution in [-0.4, -0.2) is 37.4 Å². The second-order valence-corrected chi connectivity index (χ2v) is 5.78. The van der Waals surface area contributed by atoms with Crippen molar-refractivity contribution in [2.45, 2.75) is 25.8 Å². The van der Waals surface area contributed by atoms with Gasteiger partial charge in [-0.3, -0.25) is 4.79 Å². The Labute approximate surface area is 149 Å². The largest absolute Gasteiger partial charge is 0.370 e. The van der Waals surface area contributed by atoms with Crippen LogP contribution in [0.4, 0.5) is 0 Å². The molecule has 3 N–H and O–H groups in total. The van der Waals surface area contributed by atoms with Crippen LogP contribution in [0.15, 0.2) is 29.3 Å². The molecule has 0 aliphatic heterocycles. The molecule has 0 bridgehead atoms. The van der Waals surface area contributed by atoms with E-state index in [1.54, 1.807) is 19.0 Å². The van der Waals surface area contributed by atoms with Crippen LogP contribution in [-0.2, 0) is 6.54 Å². The maximum absolute atomic E-state index is 11.8. The topological polar surface area (TPSA) is 70.7 Å². The van der Waals surface area contributed by atoms with Crippen LogP contribution in [0.1, 0.15) is 35.2 Å². The molecule has 1 amide bonds. The van der Waals surface area contributed by atoms with Crippen molar-refractivity contribution in [1.82, 2.24) is 10.2 Å². The molecule has 0 saturated heterocycles. The van der Waals surface area contributed by atoms with Gasteiger partial charge in [-0.25, -0.2) is 4.99 Å². The summed E-state index contributed by atoms with van der Waals surface area (Å²) in [6.07, 6.45) is 3.92. The SMILES string of the molecule is CN(C)C(=O)c1ccc(CN=C(N)NCC2CCC2)cc1.I. The Balaban J connectivity index is 0.00000242. The van der Waals surface area contributed by atoms with Gasteiger partial charge in [0.1, 0.15) is 0 Å². The van der Waals surface area contributed by atoms with Crippen molar-refractivity contribution in [3.8, 4) is 0 Å². The van der Waals surface area contributed by atoms with E-state index in [1.807, 2.05) is 24.3 Å². The molecule has 1 aromatic carbocycles. The van der Waals surface area contributed by atoms with Crippen LogP contribution in [0.25, 0.3) is 0 Å². The third-order valence-corrected chi connectivity index (χ3v) is 3.84. The molecule has 1 aliphatic rings. The fraction of sp³-hybridized carbons (Fsp3) is 0.500. The summed E-state index contributed by atoms with van der Waals surface area (Å²) in [5, 5.41) is 3.17. The molecule has 6 heteroatoms. The number of carbonyl (C=O) groups is 1. The van der Waals surface area contributed by atoms with Gasteiger partial charge < -0.3 is 16.0 Å². The highest BCUT2D eigenvalue weighted by Gasteiger charge is 2.16. The van der Waals surface area contributed by atoms with Crippen molar-refractivity contribution in [2.75, 3.05) is 20.6 Å². The van der Waals surface area contributed by atoms with Gasteiger partial charge >= 0.3 is 0 Å². The summed E-state index contributed by atoms with van der Waals surface area (Å²) in [7, 11) is 3.49. The molecular formula is C16H25IN4O. The van der Waals surface area contributed by atoms with E-state index in [4.69, 9.17) is 5.73 Å². The van der Waals surface area contributed by atoms with Crippen molar-refractivity contribution in [2.24, 2.45) is 16.6 Å². The van der Waals surface area contributed by atoms with E-state index in [1.165, 1.54) is 19.3 Å². The van der Waals surface area contributed by atoms with Crippen LogP contribution in [0.2, 0.25) is 0 Å². The fourth-order valence-corrected chi connectivity index (χ4v) is 2.19. The highest BCUT2D eigenvalue weighted by molar-refractivity contribution is 14.0. The van der Waals surface area contributed by atoms with Crippen LogP contribution >= 0.6 is 24.0 Å². The predicted molar refractivity (Wildman–Crippen MR) is 101 cm³/mol. The van der Waals surface area contributed by atoms with E-state index in [0.717, 1.165) is 18.0 Å². The van der Waals surface area contributed by atoms with E-state index < -0.39 is 0 Å². The predicted octanol–water partition coefficient (Wildman–Crippen LogP) is 2.21. The molecular weight excluding hydrogens is 391 g/mol. The third kappa shape index (κ3) is 5.47. The number of hydrogen-bond donors (Lipinski definition) is 2. The minimum Gasteiger partial charge on any atom is -0.370 e. The average molecular weight is 416 g/mol. The van der Waals surface area contributed by atoms with E-state index in [2.05, 4.69) is 10.3 Å². The number of benzene rings is 1. The number of nitrogens with two attached hydrogens (primary N) is 1. The Bertz CT molecular complexity index is 509. The zero-order chi connectivity index (χ0) is 15.2. The first kappa shape index (κ1) is 18.7. The highest BCUT2D eigenvalue weighted by atomic mass is 127. The molecule has 5 nitrogen and oxygen atoms in total.